The molecule has 2 rings (SSSR count). The maximum Gasteiger partial charge on any atom is 0.335 e. The molecule has 0 spiro atoms. The second-order valence-corrected chi connectivity index (χ2v) is 4.67. The van der Waals surface area contributed by atoms with E-state index in [1.807, 2.05) is 6.07 Å². The highest BCUT2D eigenvalue weighted by molar-refractivity contribution is 5.92. The molecule has 0 radical (unpaired) electrons. The van der Waals surface area contributed by atoms with Crippen LogP contribution in [-0.4, -0.2) is 25.3 Å². The zero-order valence-electron chi connectivity index (χ0n) is 12.7. The minimum atomic E-state index is -1.00. The lowest BCUT2D eigenvalue weighted by Gasteiger charge is -2.08. The number of aromatic carboxylic acids is 1. The Morgan fingerprint density at radius 1 is 1.04 bits per heavy atom. The van der Waals surface area contributed by atoms with E-state index >= 15 is 0 Å². The summed E-state index contributed by atoms with van der Waals surface area (Å²) in [5.41, 5.74) is 2.03. The number of ether oxygens (including phenoxy) is 2. The molecule has 0 amide bonds. The largest absolute Gasteiger partial charge is 0.493 e. The van der Waals surface area contributed by atoms with Crippen LogP contribution in [0.3, 0.4) is 0 Å². The van der Waals surface area contributed by atoms with Gasteiger partial charge in [0.15, 0.2) is 11.5 Å². The number of carboxylic acid groups (broad SMARTS) is 1. The van der Waals surface area contributed by atoms with E-state index in [1.165, 1.54) is 12.1 Å². The van der Waals surface area contributed by atoms with Crippen molar-refractivity contribution in [1.82, 2.24) is 0 Å². The van der Waals surface area contributed by atoms with Crippen LogP contribution in [0, 0.1) is 11.3 Å². The molecule has 1 N–H and O–H groups in total. The van der Waals surface area contributed by atoms with Gasteiger partial charge in [0.1, 0.15) is 0 Å². The lowest BCUT2D eigenvalue weighted by atomic mass is 10.0. The van der Waals surface area contributed by atoms with Crippen molar-refractivity contribution in [3.8, 4) is 17.6 Å². The third kappa shape index (κ3) is 3.69. The summed E-state index contributed by atoms with van der Waals surface area (Å²) in [4.78, 5) is 10.9. The molecule has 0 saturated carbocycles. The molecule has 23 heavy (non-hydrogen) atoms. The molecule has 0 fully saturated rings. The van der Waals surface area contributed by atoms with Crippen molar-refractivity contribution >= 4 is 17.6 Å². The zero-order chi connectivity index (χ0) is 16.8. The SMILES string of the molecule is COc1ccc(/C=C(/C#N)c2ccc(C(=O)O)cc2)cc1OC. The smallest absolute Gasteiger partial charge is 0.335 e. The van der Waals surface area contributed by atoms with E-state index in [0.717, 1.165) is 5.56 Å². The molecule has 2 aromatic carbocycles. The lowest BCUT2D eigenvalue weighted by Crippen LogP contribution is -1.95. The number of hydrogen-bond donors (Lipinski definition) is 1. The van der Waals surface area contributed by atoms with Crippen LogP contribution in [0.4, 0.5) is 0 Å². The first-order valence-electron chi connectivity index (χ1n) is 6.76. The van der Waals surface area contributed by atoms with Crippen molar-refractivity contribution < 1.29 is 19.4 Å². The van der Waals surface area contributed by atoms with Gasteiger partial charge in [-0.3, -0.25) is 0 Å². The van der Waals surface area contributed by atoms with Crippen LogP contribution in [0.15, 0.2) is 42.5 Å². The van der Waals surface area contributed by atoms with Gasteiger partial charge in [0.25, 0.3) is 0 Å². The fourth-order valence-electron chi connectivity index (χ4n) is 2.08. The quantitative estimate of drug-likeness (QED) is 0.676. The molecule has 0 aliphatic heterocycles. The Morgan fingerprint density at radius 2 is 1.65 bits per heavy atom. The molecule has 0 unspecified atom stereocenters. The van der Waals surface area contributed by atoms with E-state index in [-0.39, 0.29) is 5.56 Å². The molecular weight excluding hydrogens is 294 g/mol. The minimum absolute atomic E-state index is 0.178. The Kier molecular flexibility index (Phi) is 5.00. The van der Waals surface area contributed by atoms with Crippen molar-refractivity contribution in [2.45, 2.75) is 0 Å². The number of allylic oxidation sites excluding steroid dienone is 1. The molecule has 0 aliphatic carbocycles. The number of benzene rings is 2. The number of hydrogen-bond acceptors (Lipinski definition) is 4. The monoisotopic (exact) mass is 309 g/mol. The summed E-state index contributed by atoms with van der Waals surface area (Å²) in [5.74, 6) is 0.174. The highest BCUT2D eigenvalue weighted by atomic mass is 16.5. The summed E-state index contributed by atoms with van der Waals surface area (Å²) in [6, 6.07) is 13.6. The molecule has 0 aliphatic rings. The first-order chi connectivity index (χ1) is 11.1. The lowest BCUT2D eigenvalue weighted by molar-refractivity contribution is 0.0697. The van der Waals surface area contributed by atoms with Crippen LogP contribution in [0.25, 0.3) is 11.6 Å². The molecule has 116 valence electrons. The van der Waals surface area contributed by atoms with Crippen LogP contribution < -0.4 is 9.47 Å². The highest BCUT2D eigenvalue weighted by Crippen LogP contribution is 2.29. The third-order valence-electron chi connectivity index (χ3n) is 3.28. The standard InChI is InChI=1S/C18H15NO4/c1-22-16-8-3-12(10-17(16)23-2)9-15(11-19)13-4-6-14(7-5-13)18(20)21/h3-10H,1-2H3,(H,20,21)/b15-9-. The summed E-state index contributed by atoms with van der Waals surface area (Å²) in [5, 5.41) is 18.3. The van der Waals surface area contributed by atoms with E-state index in [9.17, 15) is 10.1 Å². The number of nitrogens with zero attached hydrogens (tertiary/aromatic N) is 1. The van der Waals surface area contributed by atoms with Gasteiger partial charge in [0.2, 0.25) is 0 Å². The fourth-order valence-corrected chi connectivity index (χ4v) is 2.08. The predicted octanol–water partition coefficient (Wildman–Crippen LogP) is 3.47. The first kappa shape index (κ1) is 16.1. The molecule has 5 nitrogen and oxygen atoms in total. The number of nitriles is 1. The predicted molar refractivity (Wildman–Crippen MR) is 86.4 cm³/mol. The zero-order valence-corrected chi connectivity index (χ0v) is 12.7. The van der Waals surface area contributed by atoms with Gasteiger partial charge in [0, 0.05) is 0 Å². The van der Waals surface area contributed by atoms with E-state index in [2.05, 4.69) is 6.07 Å². The highest BCUT2D eigenvalue weighted by Gasteiger charge is 2.07. The van der Waals surface area contributed by atoms with Gasteiger partial charge in [-0.1, -0.05) is 18.2 Å². The Balaban J connectivity index is 2.39. The molecule has 0 heterocycles. The number of carbonyl (C=O) groups is 1. The van der Waals surface area contributed by atoms with Crippen molar-refractivity contribution in [3.05, 3.63) is 59.2 Å². The average Bonchev–Trinajstić information content (AvgIpc) is 2.59. The molecular formula is C18H15NO4. The van der Waals surface area contributed by atoms with Crippen molar-refractivity contribution in [3.63, 3.8) is 0 Å². The summed E-state index contributed by atoms with van der Waals surface area (Å²) < 4.78 is 10.4. The second-order valence-electron chi connectivity index (χ2n) is 4.67. The first-order valence-corrected chi connectivity index (χ1v) is 6.76. The summed E-state index contributed by atoms with van der Waals surface area (Å²) in [6.07, 6.45) is 1.71. The van der Waals surface area contributed by atoms with Crippen molar-refractivity contribution in [1.29, 1.82) is 5.26 Å². The molecule has 0 aromatic heterocycles. The molecule has 5 heteroatoms. The summed E-state index contributed by atoms with van der Waals surface area (Å²) in [6.45, 7) is 0. The van der Waals surface area contributed by atoms with Crippen molar-refractivity contribution in [2.75, 3.05) is 14.2 Å². The number of rotatable bonds is 5. The maximum absolute atomic E-state index is 10.9. The normalized spacial score (nSPS) is 10.7. The Labute approximate surface area is 134 Å². The average molecular weight is 309 g/mol. The van der Waals surface area contributed by atoms with E-state index in [4.69, 9.17) is 14.6 Å². The minimum Gasteiger partial charge on any atom is -0.493 e. The summed E-state index contributed by atoms with van der Waals surface area (Å²) in [7, 11) is 3.10. The van der Waals surface area contributed by atoms with E-state index < -0.39 is 5.97 Å². The molecule has 0 atom stereocenters. The van der Waals surface area contributed by atoms with E-state index in [1.54, 1.807) is 44.6 Å². The van der Waals surface area contributed by atoms with Gasteiger partial charge >= 0.3 is 5.97 Å². The van der Waals surface area contributed by atoms with Crippen LogP contribution in [0.5, 0.6) is 11.5 Å². The molecule has 0 saturated heterocycles. The number of carboxylic acids is 1. The molecule has 2 aromatic rings. The third-order valence-corrected chi connectivity index (χ3v) is 3.28. The van der Waals surface area contributed by atoms with E-state index in [0.29, 0.717) is 22.6 Å². The Bertz CT molecular complexity index is 786. The van der Waals surface area contributed by atoms with Gasteiger partial charge in [-0.05, 0) is 41.5 Å². The Hall–Kier alpha value is -3.26. The van der Waals surface area contributed by atoms with Gasteiger partial charge in [-0.15, -0.1) is 0 Å². The van der Waals surface area contributed by atoms with Gasteiger partial charge in [-0.2, -0.15) is 5.26 Å². The van der Waals surface area contributed by atoms with Crippen LogP contribution in [0.1, 0.15) is 21.5 Å². The summed E-state index contributed by atoms with van der Waals surface area (Å²) >= 11 is 0. The van der Waals surface area contributed by atoms with Crippen LogP contribution >= 0.6 is 0 Å². The van der Waals surface area contributed by atoms with Crippen LogP contribution in [-0.2, 0) is 0 Å². The fraction of sp³-hybridized carbons (Fsp3) is 0.111. The van der Waals surface area contributed by atoms with Gasteiger partial charge in [0.05, 0.1) is 31.4 Å². The topological polar surface area (TPSA) is 79.5 Å². The van der Waals surface area contributed by atoms with Gasteiger partial charge in [-0.25, -0.2) is 4.79 Å². The Morgan fingerprint density at radius 3 is 2.17 bits per heavy atom. The van der Waals surface area contributed by atoms with Crippen molar-refractivity contribution in [2.24, 2.45) is 0 Å². The number of methoxy groups -OCH3 is 2. The molecule has 0 bridgehead atoms. The maximum atomic E-state index is 10.9. The second kappa shape index (κ2) is 7.14. The van der Waals surface area contributed by atoms with Crippen LogP contribution in [0.2, 0.25) is 0 Å². The van der Waals surface area contributed by atoms with Gasteiger partial charge < -0.3 is 14.6 Å².